The van der Waals surface area contributed by atoms with Crippen LogP contribution in [0.2, 0.25) is 0 Å². The van der Waals surface area contributed by atoms with Crippen LogP contribution in [-0.4, -0.2) is 53.6 Å². The Balaban J connectivity index is 2.09. The Morgan fingerprint density at radius 2 is 1.96 bits per heavy atom. The fourth-order valence-electron chi connectivity index (χ4n) is 2.58. The normalized spacial score (nSPS) is 20.3. The molecule has 0 bridgehead atoms. The highest BCUT2D eigenvalue weighted by atomic mass is 16.5. The Hall–Kier alpha value is -2.41. The average Bonchev–Trinajstić information content (AvgIpc) is 2.97. The van der Waals surface area contributed by atoms with Gasteiger partial charge >= 0.3 is 5.97 Å². The van der Waals surface area contributed by atoms with Crippen molar-refractivity contribution in [1.82, 2.24) is 10.2 Å². The Kier molecular flexibility index (Phi) is 5.33. The molecule has 1 aromatic carbocycles. The van der Waals surface area contributed by atoms with Crippen molar-refractivity contribution in [3.05, 3.63) is 35.4 Å². The first-order chi connectivity index (χ1) is 10.9. The van der Waals surface area contributed by atoms with E-state index in [9.17, 15) is 19.5 Å². The largest absolute Gasteiger partial charge is 0.480 e. The number of aliphatic carboxylic acids is 1. The molecule has 2 amide bonds. The lowest BCUT2D eigenvalue weighted by Gasteiger charge is -2.21. The lowest BCUT2D eigenvalue weighted by molar-refractivity contribution is -0.141. The molecule has 0 aliphatic carbocycles. The van der Waals surface area contributed by atoms with E-state index in [2.05, 4.69) is 5.32 Å². The number of amides is 2. The molecule has 7 nitrogen and oxygen atoms in total. The molecule has 0 aromatic heterocycles. The van der Waals surface area contributed by atoms with Gasteiger partial charge < -0.3 is 20.1 Å². The number of carbonyl (C=O) groups is 3. The first-order valence-electron chi connectivity index (χ1n) is 7.32. The summed E-state index contributed by atoms with van der Waals surface area (Å²) >= 11 is 0. The van der Waals surface area contributed by atoms with E-state index in [-0.39, 0.29) is 30.9 Å². The second-order valence-electron chi connectivity index (χ2n) is 5.51. The van der Waals surface area contributed by atoms with Gasteiger partial charge in [0.15, 0.2) is 0 Å². The molecule has 1 heterocycles. The molecule has 1 fully saturated rings. The second-order valence-corrected chi connectivity index (χ2v) is 5.51. The molecule has 0 radical (unpaired) electrons. The van der Waals surface area contributed by atoms with E-state index in [4.69, 9.17) is 4.74 Å². The third kappa shape index (κ3) is 4.07. The minimum Gasteiger partial charge on any atom is -0.480 e. The molecule has 23 heavy (non-hydrogen) atoms. The number of carbonyl (C=O) groups excluding carboxylic acids is 2. The van der Waals surface area contributed by atoms with E-state index in [1.165, 1.54) is 18.9 Å². The van der Waals surface area contributed by atoms with Crippen molar-refractivity contribution in [2.45, 2.75) is 32.0 Å². The molecule has 0 saturated carbocycles. The molecule has 2 rings (SSSR count). The zero-order valence-electron chi connectivity index (χ0n) is 13.1. The molecular weight excluding hydrogens is 300 g/mol. The van der Waals surface area contributed by atoms with Crippen LogP contribution in [0, 0.1) is 0 Å². The van der Waals surface area contributed by atoms with E-state index in [1.807, 2.05) is 0 Å². The first kappa shape index (κ1) is 17.0. The molecule has 2 atom stereocenters. The quantitative estimate of drug-likeness (QED) is 0.830. The topological polar surface area (TPSA) is 95.9 Å². The van der Waals surface area contributed by atoms with Gasteiger partial charge in [-0.15, -0.1) is 0 Å². The summed E-state index contributed by atoms with van der Waals surface area (Å²) in [7, 11) is 1.51. The fraction of sp³-hybridized carbons (Fsp3) is 0.438. The molecule has 124 valence electrons. The van der Waals surface area contributed by atoms with Gasteiger partial charge in [0, 0.05) is 39.1 Å². The number of methoxy groups -OCH3 is 1. The van der Waals surface area contributed by atoms with Crippen LogP contribution in [0.25, 0.3) is 0 Å². The maximum Gasteiger partial charge on any atom is 0.326 e. The lowest BCUT2D eigenvalue weighted by Crippen LogP contribution is -2.40. The zero-order valence-corrected chi connectivity index (χ0v) is 13.1. The molecule has 1 aromatic rings. The third-order valence-corrected chi connectivity index (χ3v) is 3.88. The van der Waals surface area contributed by atoms with Gasteiger partial charge in [-0.3, -0.25) is 9.59 Å². The maximum atomic E-state index is 12.5. The van der Waals surface area contributed by atoms with Crippen molar-refractivity contribution < 1.29 is 24.2 Å². The van der Waals surface area contributed by atoms with Crippen LogP contribution in [0.4, 0.5) is 0 Å². The highest BCUT2D eigenvalue weighted by Gasteiger charge is 2.40. The minimum atomic E-state index is -1.03. The van der Waals surface area contributed by atoms with E-state index in [0.717, 1.165) is 5.56 Å². The number of likely N-dealkylation sites (tertiary alicyclic amines) is 1. The summed E-state index contributed by atoms with van der Waals surface area (Å²) in [6.07, 6.45) is 0.0251. The molecule has 0 spiro atoms. The zero-order chi connectivity index (χ0) is 17.0. The van der Waals surface area contributed by atoms with Gasteiger partial charge in [-0.2, -0.15) is 0 Å². The molecule has 1 aliphatic rings. The van der Waals surface area contributed by atoms with Gasteiger partial charge in [-0.05, 0) is 17.7 Å². The minimum absolute atomic E-state index is 0.128. The Bertz CT molecular complexity index is 599. The standard InChI is InChI=1S/C16H20N2O5/c1-10(19)17-8-11-3-5-12(6-4-11)15(20)18-9-13(23-2)7-14(18)16(21)22/h3-6,13-14H,7-9H2,1-2H3,(H,17,19)(H,21,22). The molecule has 7 heteroatoms. The highest BCUT2D eigenvalue weighted by Crippen LogP contribution is 2.22. The summed E-state index contributed by atoms with van der Waals surface area (Å²) in [6.45, 7) is 2.08. The third-order valence-electron chi connectivity index (χ3n) is 3.88. The number of nitrogens with zero attached hydrogens (tertiary/aromatic N) is 1. The highest BCUT2D eigenvalue weighted by molar-refractivity contribution is 5.97. The molecule has 2 N–H and O–H groups in total. The summed E-state index contributed by atoms with van der Waals surface area (Å²) in [5.41, 5.74) is 1.28. The van der Waals surface area contributed by atoms with Crippen molar-refractivity contribution >= 4 is 17.8 Å². The van der Waals surface area contributed by atoms with Crippen LogP contribution in [0.1, 0.15) is 29.3 Å². The number of carboxylic acid groups (broad SMARTS) is 1. The van der Waals surface area contributed by atoms with Crippen LogP contribution in [0.3, 0.4) is 0 Å². The molecule has 1 aliphatic heterocycles. The summed E-state index contributed by atoms with van der Waals surface area (Å²) in [4.78, 5) is 36.1. The number of ether oxygens (including phenoxy) is 1. The monoisotopic (exact) mass is 320 g/mol. The smallest absolute Gasteiger partial charge is 0.326 e. The molecule has 2 unspecified atom stereocenters. The van der Waals surface area contributed by atoms with Gasteiger partial charge in [0.1, 0.15) is 6.04 Å². The maximum absolute atomic E-state index is 12.5. The van der Waals surface area contributed by atoms with Gasteiger partial charge in [-0.1, -0.05) is 12.1 Å². The number of benzene rings is 1. The van der Waals surface area contributed by atoms with Crippen molar-refractivity contribution in [2.24, 2.45) is 0 Å². The van der Waals surface area contributed by atoms with E-state index in [0.29, 0.717) is 12.1 Å². The van der Waals surface area contributed by atoms with Crippen molar-refractivity contribution in [3.8, 4) is 0 Å². The second kappa shape index (κ2) is 7.23. The summed E-state index contributed by atoms with van der Waals surface area (Å²) < 4.78 is 5.18. The van der Waals surface area contributed by atoms with Crippen LogP contribution in [0.5, 0.6) is 0 Å². The summed E-state index contributed by atoms with van der Waals surface area (Å²) in [5, 5.41) is 11.9. The number of hydrogen-bond acceptors (Lipinski definition) is 4. The van der Waals surface area contributed by atoms with Crippen LogP contribution < -0.4 is 5.32 Å². The average molecular weight is 320 g/mol. The summed E-state index contributed by atoms with van der Waals surface area (Å²) in [5.74, 6) is -1.49. The lowest BCUT2D eigenvalue weighted by atomic mass is 10.1. The van der Waals surface area contributed by atoms with Crippen LogP contribution >= 0.6 is 0 Å². The number of nitrogens with one attached hydrogen (secondary N) is 1. The molecule has 1 saturated heterocycles. The number of rotatable bonds is 5. The van der Waals surface area contributed by atoms with Gasteiger partial charge in [0.05, 0.1) is 6.10 Å². The Morgan fingerprint density at radius 1 is 1.30 bits per heavy atom. The predicted octanol–water partition coefficient (Wildman–Crippen LogP) is 0.637. The fourth-order valence-corrected chi connectivity index (χ4v) is 2.58. The van der Waals surface area contributed by atoms with Crippen LogP contribution in [0.15, 0.2) is 24.3 Å². The van der Waals surface area contributed by atoms with E-state index in [1.54, 1.807) is 24.3 Å². The Morgan fingerprint density at radius 3 is 2.48 bits per heavy atom. The van der Waals surface area contributed by atoms with Crippen LogP contribution in [-0.2, 0) is 20.9 Å². The molecular formula is C16H20N2O5. The first-order valence-corrected chi connectivity index (χ1v) is 7.32. The van der Waals surface area contributed by atoms with Crippen molar-refractivity contribution in [3.63, 3.8) is 0 Å². The Labute approximate surface area is 134 Å². The summed E-state index contributed by atoms with van der Waals surface area (Å²) in [6, 6.07) is 5.88. The van der Waals surface area contributed by atoms with Crippen molar-refractivity contribution in [2.75, 3.05) is 13.7 Å². The van der Waals surface area contributed by atoms with E-state index < -0.39 is 12.0 Å². The van der Waals surface area contributed by atoms with Crippen molar-refractivity contribution in [1.29, 1.82) is 0 Å². The van der Waals surface area contributed by atoms with Gasteiger partial charge in [0.2, 0.25) is 5.91 Å². The number of carboxylic acids is 1. The van der Waals surface area contributed by atoms with Gasteiger partial charge in [-0.25, -0.2) is 4.79 Å². The number of hydrogen-bond donors (Lipinski definition) is 2. The van der Waals surface area contributed by atoms with Gasteiger partial charge in [0.25, 0.3) is 5.91 Å². The predicted molar refractivity (Wildman–Crippen MR) is 81.8 cm³/mol. The SMILES string of the molecule is COC1CC(C(=O)O)N(C(=O)c2ccc(CNC(C)=O)cc2)C1. The van der Waals surface area contributed by atoms with E-state index >= 15 is 0 Å².